The summed E-state index contributed by atoms with van der Waals surface area (Å²) in [6.45, 7) is 6.60. The average Bonchev–Trinajstić information content (AvgIpc) is 2.61. The first-order valence-electron chi connectivity index (χ1n) is 8.77. The highest BCUT2D eigenvalue weighted by Crippen LogP contribution is 2.23. The minimum absolute atomic E-state index is 0.105. The Kier molecular flexibility index (Phi) is 6.80. The molecule has 7 nitrogen and oxygen atoms in total. The molecule has 2 aromatic carbocycles. The van der Waals surface area contributed by atoms with Gasteiger partial charge in [0.05, 0.1) is 22.3 Å². The fourth-order valence-corrected chi connectivity index (χ4v) is 3.93. The number of amides is 1. The maximum Gasteiger partial charge on any atom is 0.325 e. The van der Waals surface area contributed by atoms with E-state index in [0.717, 1.165) is 5.56 Å². The van der Waals surface area contributed by atoms with Gasteiger partial charge in [-0.05, 0) is 57.0 Å². The van der Waals surface area contributed by atoms with Crippen LogP contribution in [0.3, 0.4) is 0 Å². The summed E-state index contributed by atoms with van der Waals surface area (Å²) >= 11 is 0. The van der Waals surface area contributed by atoms with E-state index < -0.39 is 21.9 Å². The van der Waals surface area contributed by atoms with Crippen LogP contribution in [0, 0.1) is 13.8 Å². The van der Waals surface area contributed by atoms with Gasteiger partial charge in [0, 0.05) is 0 Å². The van der Waals surface area contributed by atoms with Gasteiger partial charge < -0.3 is 10.1 Å². The van der Waals surface area contributed by atoms with Crippen molar-refractivity contribution in [3.63, 3.8) is 0 Å². The summed E-state index contributed by atoms with van der Waals surface area (Å²) in [6.07, 6.45) is -0.291. The number of aryl methyl sites for hydroxylation is 2. The fourth-order valence-electron chi connectivity index (χ4n) is 2.52. The molecule has 0 aliphatic heterocycles. The Morgan fingerprint density at radius 3 is 2.43 bits per heavy atom. The van der Waals surface area contributed by atoms with Crippen LogP contribution in [0.4, 0.5) is 5.69 Å². The Labute approximate surface area is 165 Å². The summed E-state index contributed by atoms with van der Waals surface area (Å²) in [4.78, 5) is 24.2. The quantitative estimate of drug-likeness (QED) is 0.691. The van der Waals surface area contributed by atoms with Crippen LogP contribution in [-0.4, -0.2) is 32.9 Å². The second-order valence-electron chi connectivity index (χ2n) is 6.64. The van der Waals surface area contributed by atoms with Gasteiger partial charge in [-0.3, -0.25) is 14.3 Å². The van der Waals surface area contributed by atoms with Crippen molar-refractivity contribution >= 4 is 27.6 Å². The lowest BCUT2D eigenvalue weighted by Gasteiger charge is -2.14. The van der Waals surface area contributed by atoms with Gasteiger partial charge in [0.25, 0.3) is 15.9 Å². The predicted molar refractivity (Wildman–Crippen MR) is 107 cm³/mol. The third kappa shape index (κ3) is 5.56. The molecule has 28 heavy (non-hydrogen) atoms. The maximum absolute atomic E-state index is 12.8. The van der Waals surface area contributed by atoms with E-state index in [2.05, 4.69) is 10.0 Å². The monoisotopic (exact) mass is 404 g/mol. The number of carbonyl (C=O) groups excluding carboxylic acids is 2. The van der Waals surface area contributed by atoms with Crippen LogP contribution in [0.25, 0.3) is 0 Å². The molecule has 0 saturated heterocycles. The van der Waals surface area contributed by atoms with Crippen LogP contribution in [0.1, 0.15) is 35.3 Å². The van der Waals surface area contributed by atoms with Gasteiger partial charge in [-0.1, -0.05) is 24.3 Å². The van der Waals surface area contributed by atoms with E-state index in [4.69, 9.17) is 4.74 Å². The Balaban J connectivity index is 2.23. The Morgan fingerprint density at radius 1 is 1.07 bits per heavy atom. The second-order valence-corrected chi connectivity index (χ2v) is 8.29. The molecule has 0 radical (unpaired) electrons. The molecule has 0 fully saturated rings. The number of nitrogens with one attached hydrogen (secondary N) is 2. The Morgan fingerprint density at radius 2 is 1.75 bits per heavy atom. The zero-order chi connectivity index (χ0) is 20.9. The molecule has 0 aliphatic rings. The van der Waals surface area contributed by atoms with Crippen LogP contribution in [-0.2, 0) is 19.6 Å². The summed E-state index contributed by atoms with van der Waals surface area (Å²) in [6, 6.07) is 11.3. The lowest BCUT2D eigenvalue weighted by molar-refractivity contribution is -0.146. The zero-order valence-corrected chi connectivity index (χ0v) is 17.1. The number of benzene rings is 2. The molecular formula is C20H24N2O5S. The number of sulfonamides is 1. The number of para-hydroxylation sites is 1. The minimum atomic E-state index is -3.89. The standard InChI is InChI=1S/C20H24N2O5S/c1-13(2)27-19(23)12-21-20(24)16-7-5-6-8-17(16)22-28(25,26)18-11-14(3)9-10-15(18)4/h5-11,13,22H,12H2,1-4H3,(H,21,24). The number of rotatable bonds is 7. The minimum Gasteiger partial charge on any atom is -0.462 e. The lowest BCUT2D eigenvalue weighted by atomic mass is 10.1. The molecule has 0 unspecified atom stereocenters. The largest absolute Gasteiger partial charge is 0.462 e. The summed E-state index contributed by atoms with van der Waals surface area (Å²) in [5.74, 6) is -1.16. The molecule has 0 aromatic heterocycles. The first-order chi connectivity index (χ1) is 13.1. The Hall–Kier alpha value is -2.87. The normalized spacial score (nSPS) is 11.2. The van der Waals surface area contributed by atoms with Gasteiger partial charge >= 0.3 is 5.97 Å². The zero-order valence-electron chi connectivity index (χ0n) is 16.3. The lowest BCUT2D eigenvalue weighted by Crippen LogP contribution is -2.32. The van der Waals surface area contributed by atoms with Crippen LogP contribution in [0.15, 0.2) is 47.4 Å². The highest BCUT2D eigenvalue weighted by Gasteiger charge is 2.21. The van der Waals surface area contributed by atoms with Gasteiger partial charge in [0.2, 0.25) is 0 Å². The third-order valence-corrected chi connectivity index (χ3v) is 5.32. The molecule has 2 rings (SSSR count). The molecule has 8 heteroatoms. The highest BCUT2D eigenvalue weighted by molar-refractivity contribution is 7.92. The van der Waals surface area contributed by atoms with Gasteiger partial charge in [0.1, 0.15) is 6.54 Å². The highest BCUT2D eigenvalue weighted by atomic mass is 32.2. The molecule has 2 N–H and O–H groups in total. The molecule has 2 aromatic rings. The van der Waals surface area contributed by atoms with Crippen molar-refractivity contribution in [2.45, 2.75) is 38.7 Å². The van der Waals surface area contributed by atoms with Crippen LogP contribution in [0.2, 0.25) is 0 Å². The SMILES string of the molecule is Cc1ccc(C)c(S(=O)(=O)Nc2ccccc2C(=O)NCC(=O)OC(C)C)c1. The molecule has 0 saturated carbocycles. The van der Waals surface area contributed by atoms with Gasteiger partial charge in [0.15, 0.2) is 0 Å². The number of anilines is 1. The summed E-state index contributed by atoms with van der Waals surface area (Å²) in [5.41, 5.74) is 1.63. The van der Waals surface area contributed by atoms with Crippen LogP contribution >= 0.6 is 0 Å². The number of hydrogen-bond donors (Lipinski definition) is 2. The number of carbonyl (C=O) groups is 2. The molecule has 1 amide bonds. The van der Waals surface area contributed by atoms with E-state index >= 15 is 0 Å². The maximum atomic E-state index is 12.8. The molecule has 0 heterocycles. The van der Waals surface area contributed by atoms with Gasteiger partial charge in [-0.15, -0.1) is 0 Å². The van der Waals surface area contributed by atoms with Crippen molar-refractivity contribution in [1.29, 1.82) is 0 Å². The van der Waals surface area contributed by atoms with E-state index in [9.17, 15) is 18.0 Å². The van der Waals surface area contributed by atoms with Crippen molar-refractivity contribution < 1.29 is 22.7 Å². The fraction of sp³-hybridized carbons (Fsp3) is 0.300. The van der Waals surface area contributed by atoms with E-state index in [1.54, 1.807) is 52.0 Å². The van der Waals surface area contributed by atoms with Crippen molar-refractivity contribution in [3.05, 3.63) is 59.2 Å². The van der Waals surface area contributed by atoms with Crippen LogP contribution in [0.5, 0.6) is 0 Å². The van der Waals surface area contributed by atoms with Crippen molar-refractivity contribution in [2.75, 3.05) is 11.3 Å². The van der Waals surface area contributed by atoms with Crippen molar-refractivity contribution in [1.82, 2.24) is 5.32 Å². The summed E-state index contributed by atoms with van der Waals surface area (Å²) < 4.78 is 33.1. The third-order valence-electron chi connectivity index (χ3n) is 3.81. The summed E-state index contributed by atoms with van der Waals surface area (Å²) in [7, 11) is -3.89. The van der Waals surface area contributed by atoms with Gasteiger partial charge in [-0.2, -0.15) is 0 Å². The number of hydrogen-bond acceptors (Lipinski definition) is 5. The van der Waals surface area contributed by atoms with E-state index in [-0.39, 0.29) is 28.8 Å². The predicted octanol–water partition coefficient (Wildman–Crippen LogP) is 2.79. The van der Waals surface area contributed by atoms with Crippen LogP contribution < -0.4 is 10.0 Å². The molecule has 0 aliphatic carbocycles. The smallest absolute Gasteiger partial charge is 0.325 e. The summed E-state index contributed by atoms with van der Waals surface area (Å²) in [5, 5.41) is 2.44. The first kappa shape index (κ1) is 21.4. The molecular weight excluding hydrogens is 380 g/mol. The second kappa shape index (κ2) is 8.88. The van der Waals surface area contributed by atoms with Crippen molar-refractivity contribution in [3.8, 4) is 0 Å². The van der Waals surface area contributed by atoms with E-state index in [0.29, 0.717) is 5.56 Å². The molecule has 0 bridgehead atoms. The number of ether oxygens (including phenoxy) is 1. The molecule has 0 spiro atoms. The first-order valence-corrected chi connectivity index (χ1v) is 10.3. The van der Waals surface area contributed by atoms with Crippen molar-refractivity contribution in [2.24, 2.45) is 0 Å². The Bertz CT molecular complexity index is 984. The molecule has 150 valence electrons. The van der Waals surface area contributed by atoms with Gasteiger partial charge in [-0.25, -0.2) is 8.42 Å². The molecule has 0 atom stereocenters. The van der Waals surface area contributed by atoms with E-state index in [1.807, 2.05) is 6.07 Å². The average molecular weight is 404 g/mol. The number of esters is 1. The van der Waals surface area contributed by atoms with E-state index in [1.165, 1.54) is 12.1 Å². The topological polar surface area (TPSA) is 102 Å².